The van der Waals surface area contributed by atoms with Crippen molar-refractivity contribution >= 4 is 41.0 Å². The van der Waals surface area contributed by atoms with Gasteiger partial charge in [0.15, 0.2) is 0 Å². The van der Waals surface area contributed by atoms with E-state index in [4.69, 9.17) is 0 Å². The number of phenolic OH excluding ortho intramolecular Hbond substituents is 1. The minimum atomic E-state index is -0.913. The van der Waals surface area contributed by atoms with Crippen molar-refractivity contribution < 1.29 is 24.4 Å². The normalized spacial score (nSPS) is 14.0. The monoisotopic (exact) mass is 429 g/mol. The summed E-state index contributed by atoms with van der Waals surface area (Å²) >= 11 is 0. The van der Waals surface area contributed by atoms with Gasteiger partial charge in [-0.3, -0.25) is 19.7 Å². The summed E-state index contributed by atoms with van der Waals surface area (Å²) in [7, 11) is 0. The van der Waals surface area contributed by atoms with Gasteiger partial charge in [0.05, 0.1) is 16.3 Å². The zero-order valence-corrected chi connectivity index (χ0v) is 16.4. The van der Waals surface area contributed by atoms with Crippen LogP contribution in [0.1, 0.15) is 5.56 Å². The average molecular weight is 429 g/mol. The Kier molecular flexibility index (Phi) is 5.22. The Bertz CT molecular complexity index is 1210. The number of urea groups is 1. The molecule has 9 nitrogen and oxygen atoms in total. The Morgan fingerprint density at radius 2 is 1.28 bits per heavy atom. The van der Waals surface area contributed by atoms with Crippen LogP contribution in [0.25, 0.3) is 6.08 Å². The molecule has 1 heterocycles. The van der Waals surface area contributed by atoms with Crippen LogP contribution in [0.2, 0.25) is 0 Å². The van der Waals surface area contributed by atoms with E-state index < -0.39 is 28.3 Å². The molecule has 0 aliphatic carbocycles. The van der Waals surface area contributed by atoms with Crippen molar-refractivity contribution in [1.29, 1.82) is 0 Å². The predicted octanol–water partition coefficient (Wildman–Crippen LogP) is 3.88. The molecular weight excluding hydrogens is 414 g/mol. The van der Waals surface area contributed by atoms with Gasteiger partial charge in [0, 0.05) is 17.7 Å². The van der Waals surface area contributed by atoms with Crippen LogP contribution in [0.5, 0.6) is 5.75 Å². The molecular formula is C23H15N3O6. The fraction of sp³-hybridized carbons (Fsp3) is 0. The van der Waals surface area contributed by atoms with Gasteiger partial charge in [-0.15, -0.1) is 0 Å². The summed E-state index contributed by atoms with van der Waals surface area (Å²) in [6.07, 6.45) is 1.05. The number of hydrogen-bond donors (Lipinski definition) is 1. The number of benzene rings is 3. The molecule has 32 heavy (non-hydrogen) atoms. The minimum absolute atomic E-state index is 0.105. The lowest BCUT2D eigenvalue weighted by molar-refractivity contribution is -0.384. The SMILES string of the molecule is O=C1C(=Cc2cc([N+](=O)[O-])ccc2O)C(=O)N(c2ccccc2)C(=O)N1c1ccccc1. The van der Waals surface area contributed by atoms with Crippen molar-refractivity contribution in [1.82, 2.24) is 0 Å². The first-order valence-electron chi connectivity index (χ1n) is 9.40. The number of barbiturate groups is 1. The van der Waals surface area contributed by atoms with E-state index in [9.17, 15) is 29.6 Å². The third kappa shape index (κ3) is 3.58. The number of para-hydroxylation sites is 2. The first kappa shape index (κ1) is 20.5. The number of non-ortho nitro benzene ring substituents is 1. The molecule has 3 aromatic carbocycles. The smallest absolute Gasteiger partial charge is 0.343 e. The summed E-state index contributed by atoms with van der Waals surface area (Å²) < 4.78 is 0. The molecule has 4 rings (SSSR count). The second-order valence-corrected chi connectivity index (χ2v) is 6.79. The number of aromatic hydroxyl groups is 1. The molecule has 1 fully saturated rings. The number of hydrogen-bond acceptors (Lipinski definition) is 6. The van der Waals surface area contributed by atoms with Crippen LogP contribution in [0.15, 0.2) is 84.4 Å². The summed E-state index contributed by atoms with van der Waals surface area (Å²) in [4.78, 5) is 51.8. The van der Waals surface area contributed by atoms with Crippen LogP contribution < -0.4 is 9.80 Å². The highest BCUT2D eigenvalue weighted by Crippen LogP contribution is 2.31. The van der Waals surface area contributed by atoms with E-state index in [0.29, 0.717) is 0 Å². The largest absolute Gasteiger partial charge is 0.507 e. The Hall–Kier alpha value is -4.79. The Morgan fingerprint density at radius 1 is 0.781 bits per heavy atom. The standard InChI is InChI=1S/C23H15N3O6/c27-20-12-11-18(26(31)32)13-15(20)14-19-21(28)24(16-7-3-1-4-8-16)23(30)25(22(19)29)17-9-5-2-6-10-17/h1-14,27H. The van der Waals surface area contributed by atoms with E-state index in [0.717, 1.165) is 34.1 Å². The van der Waals surface area contributed by atoms with Gasteiger partial charge in [-0.2, -0.15) is 0 Å². The lowest BCUT2D eigenvalue weighted by atomic mass is 10.0. The van der Waals surface area contributed by atoms with Crippen molar-refractivity contribution in [3.05, 3.63) is 100 Å². The van der Waals surface area contributed by atoms with Gasteiger partial charge >= 0.3 is 6.03 Å². The molecule has 1 aliphatic heterocycles. The number of nitro groups is 1. The Balaban J connectivity index is 1.90. The summed E-state index contributed by atoms with van der Waals surface area (Å²) in [5, 5.41) is 21.3. The van der Waals surface area contributed by atoms with Crippen molar-refractivity contribution in [3.63, 3.8) is 0 Å². The molecule has 158 valence electrons. The third-order valence-electron chi connectivity index (χ3n) is 4.80. The van der Waals surface area contributed by atoms with E-state index in [2.05, 4.69) is 0 Å². The number of rotatable bonds is 4. The summed E-state index contributed by atoms with van der Waals surface area (Å²) in [5.41, 5.74) is -0.393. The molecule has 0 aromatic heterocycles. The van der Waals surface area contributed by atoms with Gasteiger partial charge in [0.2, 0.25) is 0 Å². The molecule has 0 unspecified atom stereocenters. The Morgan fingerprint density at radius 3 is 1.75 bits per heavy atom. The second kappa shape index (κ2) is 8.15. The second-order valence-electron chi connectivity index (χ2n) is 6.79. The summed E-state index contributed by atoms with van der Waals surface area (Å²) in [6, 6.07) is 18.5. The molecule has 0 atom stereocenters. The van der Waals surface area contributed by atoms with Gasteiger partial charge < -0.3 is 5.11 Å². The molecule has 9 heteroatoms. The number of nitro benzene ring substituents is 1. The van der Waals surface area contributed by atoms with Gasteiger partial charge in [-0.25, -0.2) is 14.6 Å². The van der Waals surface area contributed by atoms with Gasteiger partial charge in [-0.1, -0.05) is 36.4 Å². The first-order chi connectivity index (χ1) is 15.4. The average Bonchev–Trinajstić information content (AvgIpc) is 2.79. The van der Waals surface area contributed by atoms with Gasteiger partial charge in [0.25, 0.3) is 17.5 Å². The van der Waals surface area contributed by atoms with E-state index in [1.807, 2.05) is 0 Å². The van der Waals surface area contributed by atoms with E-state index in [1.54, 1.807) is 36.4 Å². The molecule has 0 spiro atoms. The zero-order valence-electron chi connectivity index (χ0n) is 16.4. The number of carbonyl (C=O) groups is 3. The lowest BCUT2D eigenvalue weighted by Gasteiger charge is -2.33. The zero-order chi connectivity index (χ0) is 22.8. The van der Waals surface area contributed by atoms with Crippen LogP contribution in [0, 0.1) is 10.1 Å². The van der Waals surface area contributed by atoms with Crippen LogP contribution in [-0.2, 0) is 9.59 Å². The van der Waals surface area contributed by atoms with Crippen molar-refractivity contribution in [3.8, 4) is 5.75 Å². The molecule has 1 aliphatic rings. The number of imide groups is 2. The quantitative estimate of drug-likeness (QED) is 0.291. The molecule has 1 saturated heterocycles. The number of carbonyl (C=O) groups excluding carboxylic acids is 3. The molecule has 0 bridgehead atoms. The van der Waals surface area contributed by atoms with E-state index in [-0.39, 0.29) is 28.4 Å². The first-order valence-corrected chi connectivity index (χ1v) is 9.40. The van der Waals surface area contributed by atoms with Crippen molar-refractivity contribution in [2.45, 2.75) is 0 Å². The third-order valence-corrected chi connectivity index (χ3v) is 4.80. The van der Waals surface area contributed by atoms with Crippen LogP contribution >= 0.6 is 0 Å². The maximum Gasteiger partial charge on any atom is 0.343 e. The highest BCUT2D eigenvalue weighted by molar-refractivity contribution is 6.46. The molecule has 1 N–H and O–H groups in total. The predicted molar refractivity (Wildman–Crippen MR) is 116 cm³/mol. The maximum absolute atomic E-state index is 13.2. The topological polar surface area (TPSA) is 121 Å². The lowest BCUT2D eigenvalue weighted by Crippen LogP contribution is -2.57. The van der Waals surface area contributed by atoms with Gasteiger partial charge in [0.1, 0.15) is 11.3 Å². The van der Waals surface area contributed by atoms with E-state index in [1.165, 1.54) is 24.3 Å². The molecule has 4 amide bonds. The van der Waals surface area contributed by atoms with Crippen LogP contribution in [0.3, 0.4) is 0 Å². The summed E-state index contributed by atoms with van der Waals surface area (Å²) in [5.74, 6) is -2.19. The van der Waals surface area contributed by atoms with Crippen molar-refractivity contribution in [2.24, 2.45) is 0 Å². The number of phenols is 1. The summed E-state index contributed by atoms with van der Waals surface area (Å²) in [6.45, 7) is 0. The number of nitrogens with zero attached hydrogens (tertiary/aromatic N) is 3. The minimum Gasteiger partial charge on any atom is -0.507 e. The fourth-order valence-corrected chi connectivity index (χ4v) is 3.27. The number of anilines is 2. The molecule has 3 aromatic rings. The highest BCUT2D eigenvalue weighted by atomic mass is 16.6. The van der Waals surface area contributed by atoms with Crippen LogP contribution in [0.4, 0.5) is 21.9 Å². The number of amides is 4. The Labute approximate surface area is 181 Å². The van der Waals surface area contributed by atoms with Crippen LogP contribution in [-0.4, -0.2) is 27.9 Å². The maximum atomic E-state index is 13.2. The molecule has 0 radical (unpaired) electrons. The van der Waals surface area contributed by atoms with E-state index >= 15 is 0 Å². The fourth-order valence-electron chi connectivity index (χ4n) is 3.27. The molecule has 0 saturated carbocycles. The van der Waals surface area contributed by atoms with Crippen molar-refractivity contribution in [2.75, 3.05) is 9.80 Å². The highest BCUT2D eigenvalue weighted by Gasteiger charge is 2.43. The van der Waals surface area contributed by atoms with Gasteiger partial charge in [-0.05, 0) is 36.4 Å².